The van der Waals surface area contributed by atoms with Crippen LogP contribution in [0.2, 0.25) is 0 Å². The van der Waals surface area contributed by atoms with Gasteiger partial charge in [-0.1, -0.05) is 48.2 Å². The predicted octanol–water partition coefficient (Wildman–Crippen LogP) is 5.04. The Morgan fingerprint density at radius 2 is 1.52 bits per heavy atom. The summed E-state index contributed by atoms with van der Waals surface area (Å²) in [7, 11) is 0. The number of nitrogens with one attached hydrogen (secondary N) is 1. The number of rotatable bonds is 3. The summed E-state index contributed by atoms with van der Waals surface area (Å²) in [6.07, 6.45) is 0. The van der Waals surface area contributed by atoms with Crippen LogP contribution in [0.15, 0.2) is 74.9 Å². The third-order valence-electron chi connectivity index (χ3n) is 3.23. The van der Waals surface area contributed by atoms with Crippen LogP contribution in [0.4, 0.5) is 0 Å². The Balaban J connectivity index is 2.14. The third kappa shape index (κ3) is 2.82. The molecule has 4 heteroatoms. The van der Waals surface area contributed by atoms with E-state index in [2.05, 4.69) is 28.1 Å². The molecule has 0 saturated carbocycles. The second-order valence-electron chi connectivity index (χ2n) is 4.60. The van der Waals surface area contributed by atoms with Gasteiger partial charge in [0, 0.05) is 19.8 Å². The Labute approximate surface area is 136 Å². The van der Waals surface area contributed by atoms with Crippen molar-refractivity contribution in [3.05, 3.63) is 70.7 Å². The minimum atomic E-state index is 0.101. The lowest BCUT2D eigenvalue weighted by atomic mass is 10.0. The van der Waals surface area contributed by atoms with E-state index in [4.69, 9.17) is 11.1 Å². The maximum Gasteiger partial charge on any atom is 0.123 e. The highest BCUT2D eigenvalue weighted by molar-refractivity contribution is 9.10. The predicted molar refractivity (Wildman–Crippen MR) is 93.2 cm³/mol. The van der Waals surface area contributed by atoms with E-state index in [-0.39, 0.29) is 5.84 Å². The van der Waals surface area contributed by atoms with Gasteiger partial charge in [0.05, 0.1) is 0 Å². The highest BCUT2D eigenvalue weighted by atomic mass is 79.9. The minimum absolute atomic E-state index is 0.101. The molecule has 0 atom stereocenters. The van der Waals surface area contributed by atoms with Crippen LogP contribution in [0, 0.1) is 5.41 Å². The Morgan fingerprint density at radius 3 is 2.24 bits per heavy atom. The molecule has 21 heavy (non-hydrogen) atoms. The lowest BCUT2D eigenvalue weighted by Crippen LogP contribution is -2.11. The second-order valence-corrected chi connectivity index (χ2v) is 6.54. The van der Waals surface area contributed by atoms with E-state index in [9.17, 15) is 0 Å². The SMILES string of the molecule is N=C(N)c1ccc(Sc2ccccc2Br)c2ccccc12. The molecule has 3 aromatic rings. The number of nitrogens with two attached hydrogens (primary N) is 1. The first kappa shape index (κ1) is 14.2. The summed E-state index contributed by atoms with van der Waals surface area (Å²) in [6, 6.07) is 20.2. The molecule has 0 fully saturated rings. The largest absolute Gasteiger partial charge is 0.384 e. The van der Waals surface area contributed by atoms with Gasteiger partial charge in [0.1, 0.15) is 5.84 Å². The summed E-state index contributed by atoms with van der Waals surface area (Å²) >= 11 is 5.29. The van der Waals surface area contributed by atoms with Crippen molar-refractivity contribution in [3.63, 3.8) is 0 Å². The summed E-state index contributed by atoms with van der Waals surface area (Å²) in [5.41, 5.74) is 6.46. The summed E-state index contributed by atoms with van der Waals surface area (Å²) in [4.78, 5) is 2.32. The van der Waals surface area contributed by atoms with E-state index in [0.717, 1.165) is 25.7 Å². The number of benzene rings is 3. The van der Waals surface area contributed by atoms with E-state index in [1.165, 1.54) is 4.90 Å². The van der Waals surface area contributed by atoms with Crippen molar-refractivity contribution >= 4 is 44.3 Å². The van der Waals surface area contributed by atoms with E-state index in [1.807, 2.05) is 48.5 Å². The number of hydrogen-bond acceptors (Lipinski definition) is 2. The molecule has 104 valence electrons. The maximum absolute atomic E-state index is 7.71. The molecular weight excluding hydrogens is 344 g/mol. The Bertz CT molecular complexity index is 830. The molecule has 0 aliphatic carbocycles. The van der Waals surface area contributed by atoms with Crippen molar-refractivity contribution in [2.45, 2.75) is 9.79 Å². The molecule has 3 aromatic carbocycles. The molecule has 0 aromatic heterocycles. The topological polar surface area (TPSA) is 49.9 Å². The molecule has 3 rings (SSSR count). The first-order valence-electron chi connectivity index (χ1n) is 6.45. The number of hydrogen-bond donors (Lipinski definition) is 2. The molecule has 0 heterocycles. The Kier molecular flexibility index (Phi) is 3.99. The van der Waals surface area contributed by atoms with Crippen LogP contribution in [0.25, 0.3) is 10.8 Å². The van der Waals surface area contributed by atoms with Gasteiger partial charge in [-0.3, -0.25) is 5.41 Å². The van der Waals surface area contributed by atoms with Gasteiger partial charge in [-0.25, -0.2) is 0 Å². The van der Waals surface area contributed by atoms with Gasteiger partial charge in [0.2, 0.25) is 0 Å². The standard InChI is InChI=1S/C17H13BrN2S/c18-14-7-3-4-8-16(14)21-15-10-9-13(17(19)20)11-5-1-2-6-12(11)15/h1-10H,(H3,19,20). The van der Waals surface area contributed by atoms with Gasteiger partial charge in [0.15, 0.2) is 0 Å². The summed E-state index contributed by atoms with van der Waals surface area (Å²) in [6.45, 7) is 0. The molecule has 0 saturated heterocycles. The molecule has 0 aliphatic rings. The molecule has 0 radical (unpaired) electrons. The third-order valence-corrected chi connectivity index (χ3v) is 5.34. The van der Waals surface area contributed by atoms with Crippen molar-refractivity contribution in [1.29, 1.82) is 5.41 Å². The average Bonchev–Trinajstić information content (AvgIpc) is 2.49. The molecule has 0 spiro atoms. The van der Waals surface area contributed by atoms with Crippen molar-refractivity contribution in [2.75, 3.05) is 0 Å². The lowest BCUT2D eigenvalue weighted by molar-refractivity contribution is 1.38. The molecule has 0 unspecified atom stereocenters. The zero-order chi connectivity index (χ0) is 14.8. The highest BCUT2D eigenvalue weighted by Gasteiger charge is 2.09. The molecule has 0 amide bonds. The highest BCUT2D eigenvalue weighted by Crippen LogP contribution is 2.37. The number of fused-ring (bicyclic) bond motifs is 1. The van der Waals surface area contributed by atoms with Gasteiger partial charge < -0.3 is 5.73 Å². The fourth-order valence-corrected chi connectivity index (χ4v) is 3.74. The quantitative estimate of drug-likeness (QED) is 0.510. The monoisotopic (exact) mass is 356 g/mol. The van der Waals surface area contributed by atoms with Crippen LogP contribution in [0.1, 0.15) is 5.56 Å². The number of halogens is 1. The maximum atomic E-state index is 7.71. The minimum Gasteiger partial charge on any atom is -0.384 e. The second kappa shape index (κ2) is 5.92. The van der Waals surface area contributed by atoms with Crippen LogP contribution >= 0.6 is 27.7 Å². The Hall–Kier alpha value is -1.78. The van der Waals surface area contributed by atoms with Gasteiger partial charge >= 0.3 is 0 Å². The molecule has 0 bridgehead atoms. The zero-order valence-electron chi connectivity index (χ0n) is 11.1. The summed E-state index contributed by atoms with van der Waals surface area (Å²) < 4.78 is 1.08. The van der Waals surface area contributed by atoms with Gasteiger partial charge in [-0.2, -0.15) is 0 Å². The van der Waals surface area contributed by atoms with Crippen LogP contribution in [-0.4, -0.2) is 5.84 Å². The van der Waals surface area contributed by atoms with Crippen molar-refractivity contribution in [2.24, 2.45) is 5.73 Å². The van der Waals surface area contributed by atoms with Crippen molar-refractivity contribution in [3.8, 4) is 0 Å². The van der Waals surface area contributed by atoms with Crippen LogP contribution in [0.5, 0.6) is 0 Å². The Morgan fingerprint density at radius 1 is 0.857 bits per heavy atom. The van der Waals surface area contributed by atoms with Crippen LogP contribution in [0.3, 0.4) is 0 Å². The normalized spacial score (nSPS) is 10.7. The van der Waals surface area contributed by atoms with Crippen molar-refractivity contribution < 1.29 is 0 Å². The molecular formula is C17H13BrN2S. The van der Waals surface area contributed by atoms with Crippen LogP contribution in [-0.2, 0) is 0 Å². The number of amidine groups is 1. The van der Waals surface area contributed by atoms with Gasteiger partial charge in [-0.05, 0) is 51.0 Å². The van der Waals surface area contributed by atoms with E-state index in [1.54, 1.807) is 11.8 Å². The fourth-order valence-electron chi connectivity index (χ4n) is 2.24. The van der Waals surface area contributed by atoms with E-state index in [0.29, 0.717) is 0 Å². The zero-order valence-corrected chi connectivity index (χ0v) is 13.5. The van der Waals surface area contributed by atoms with E-state index >= 15 is 0 Å². The first-order valence-corrected chi connectivity index (χ1v) is 8.06. The summed E-state index contributed by atoms with van der Waals surface area (Å²) in [5, 5.41) is 9.84. The lowest BCUT2D eigenvalue weighted by Gasteiger charge is -2.11. The number of nitrogen functional groups attached to an aromatic ring is 1. The molecule has 0 aliphatic heterocycles. The smallest absolute Gasteiger partial charge is 0.123 e. The van der Waals surface area contributed by atoms with Gasteiger partial charge in [0.25, 0.3) is 0 Å². The van der Waals surface area contributed by atoms with E-state index < -0.39 is 0 Å². The first-order chi connectivity index (χ1) is 10.2. The van der Waals surface area contributed by atoms with Crippen molar-refractivity contribution in [1.82, 2.24) is 0 Å². The van der Waals surface area contributed by atoms with Gasteiger partial charge in [-0.15, -0.1) is 0 Å². The summed E-state index contributed by atoms with van der Waals surface area (Å²) in [5.74, 6) is 0.101. The van der Waals surface area contributed by atoms with Crippen LogP contribution < -0.4 is 5.73 Å². The average molecular weight is 357 g/mol. The molecule has 2 nitrogen and oxygen atoms in total. The fraction of sp³-hybridized carbons (Fsp3) is 0. The molecule has 3 N–H and O–H groups in total.